The second kappa shape index (κ2) is 9.51. The van der Waals surface area contributed by atoms with Gasteiger partial charge in [-0.05, 0) is 31.8 Å². The third kappa shape index (κ3) is 6.71. The highest BCUT2D eigenvalue weighted by atomic mass is 19.3. The van der Waals surface area contributed by atoms with Crippen molar-refractivity contribution in [2.24, 2.45) is 5.92 Å². The molecule has 1 aliphatic rings. The van der Waals surface area contributed by atoms with E-state index < -0.39 is 11.9 Å². The van der Waals surface area contributed by atoms with Gasteiger partial charge in [-0.25, -0.2) is 4.39 Å². The summed E-state index contributed by atoms with van der Waals surface area (Å²) in [7, 11) is 0. The van der Waals surface area contributed by atoms with E-state index in [0.29, 0.717) is 6.54 Å². The molecule has 0 aromatic rings. The molecule has 1 heterocycles. The summed E-state index contributed by atoms with van der Waals surface area (Å²) in [5.74, 6) is -0.493. The summed E-state index contributed by atoms with van der Waals surface area (Å²) in [6, 6.07) is 0. The van der Waals surface area contributed by atoms with Crippen LogP contribution in [0.15, 0.2) is 11.9 Å². The molecule has 0 radical (unpaired) electrons. The lowest BCUT2D eigenvalue weighted by atomic mass is 9.94. The van der Waals surface area contributed by atoms with Gasteiger partial charge in [0.25, 0.3) is 0 Å². The average molecular weight is 251 g/mol. The van der Waals surface area contributed by atoms with Gasteiger partial charge in [0.05, 0.1) is 0 Å². The molecule has 0 saturated carbocycles. The van der Waals surface area contributed by atoms with Crippen LogP contribution in [0.5, 0.6) is 0 Å². The molecule has 1 aliphatic heterocycles. The molecule has 0 bridgehead atoms. The van der Waals surface area contributed by atoms with Crippen LogP contribution in [0.1, 0.15) is 46.5 Å². The second-order valence-electron chi connectivity index (χ2n) is 4.11. The van der Waals surface area contributed by atoms with Gasteiger partial charge in [-0.15, -0.1) is 0 Å². The molecule has 0 atom stereocenters. The fourth-order valence-corrected chi connectivity index (χ4v) is 1.97. The van der Waals surface area contributed by atoms with Gasteiger partial charge in [0, 0.05) is 13.0 Å². The average Bonchev–Trinajstić information content (AvgIpc) is 2.38. The van der Waals surface area contributed by atoms with Crippen molar-refractivity contribution in [1.29, 1.82) is 0 Å². The van der Waals surface area contributed by atoms with Crippen LogP contribution in [0.4, 0.5) is 13.2 Å². The topological polar surface area (TPSA) is 3.24 Å². The van der Waals surface area contributed by atoms with E-state index in [0.717, 1.165) is 31.8 Å². The van der Waals surface area contributed by atoms with Crippen LogP contribution < -0.4 is 0 Å². The number of halogens is 3. The van der Waals surface area contributed by atoms with Crippen molar-refractivity contribution in [2.75, 3.05) is 19.6 Å². The van der Waals surface area contributed by atoms with E-state index in [1.165, 1.54) is 6.42 Å². The molecule has 1 nitrogen and oxygen atoms in total. The van der Waals surface area contributed by atoms with Crippen molar-refractivity contribution in [3.63, 3.8) is 0 Å². The van der Waals surface area contributed by atoms with Gasteiger partial charge < -0.3 is 4.90 Å². The summed E-state index contributed by atoms with van der Waals surface area (Å²) in [6.45, 7) is 8.42. The SMILES string of the molecule is CC.CCC1CCN(CCC(F)=C(F)F)CC1. The fraction of sp³-hybridized carbons (Fsp3) is 0.846. The third-order valence-electron chi connectivity index (χ3n) is 3.14. The predicted molar refractivity (Wildman–Crippen MR) is 65.8 cm³/mol. The summed E-state index contributed by atoms with van der Waals surface area (Å²) in [4.78, 5) is 2.06. The number of likely N-dealkylation sites (tertiary alicyclic amines) is 1. The van der Waals surface area contributed by atoms with Gasteiger partial charge in [0.2, 0.25) is 0 Å². The van der Waals surface area contributed by atoms with Gasteiger partial charge in [-0.3, -0.25) is 0 Å². The normalized spacial score (nSPS) is 17.3. The van der Waals surface area contributed by atoms with Crippen molar-refractivity contribution in [3.05, 3.63) is 11.9 Å². The van der Waals surface area contributed by atoms with Crippen LogP contribution in [0.3, 0.4) is 0 Å². The van der Waals surface area contributed by atoms with Crippen molar-refractivity contribution >= 4 is 0 Å². The van der Waals surface area contributed by atoms with Gasteiger partial charge >= 0.3 is 6.08 Å². The van der Waals surface area contributed by atoms with Crippen molar-refractivity contribution in [2.45, 2.75) is 46.5 Å². The first-order valence-electron chi connectivity index (χ1n) is 6.55. The number of hydrogen-bond donors (Lipinski definition) is 0. The molecule has 0 unspecified atom stereocenters. The summed E-state index contributed by atoms with van der Waals surface area (Å²) in [5, 5.41) is 0. The highest BCUT2D eigenvalue weighted by Gasteiger charge is 2.18. The highest BCUT2D eigenvalue weighted by Crippen LogP contribution is 2.21. The van der Waals surface area contributed by atoms with Crippen LogP contribution in [0.25, 0.3) is 0 Å². The minimum Gasteiger partial charge on any atom is -0.303 e. The van der Waals surface area contributed by atoms with Crippen LogP contribution >= 0.6 is 0 Å². The Bertz CT molecular complexity index is 217. The third-order valence-corrected chi connectivity index (χ3v) is 3.14. The zero-order valence-corrected chi connectivity index (χ0v) is 11.1. The molecule has 4 heteroatoms. The molecule has 0 amide bonds. The Labute approximate surface area is 103 Å². The Hall–Kier alpha value is -0.510. The zero-order chi connectivity index (χ0) is 13.3. The van der Waals surface area contributed by atoms with E-state index in [1.54, 1.807) is 0 Å². The number of hydrogen-bond acceptors (Lipinski definition) is 1. The van der Waals surface area contributed by atoms with Crippen LogP contribution in [0, 0.1) is 5.92 Å². The monoisotopic (exact) mass is 251 g/mol. The fourth-order valence-electron chi connectivity index (χ4n) is 1.97. The van der Waals surface area contributed by atoms with E-state index >= 15 is 0 Å². The van der Waals surface area contributed by atoms with E-state index in [-0.39, 0.29) is 6.42 Å². The lowest BCUT2D eigenvalue weighted by molar-refractivity contribution is 0.179. The minimum absolute atomic E-state index is 0.154. The molecule has 0 spiro atoms. The lowest BCUT2D eigenvalue weighted by Gasteiger charge is -2.31. The maximum absolute atomic E-state index is 12.5. The number of nitrogens with zero attached hydrogens (tertiary/aromatic N) is 1. The molecular weight excluding hydrogens is 227 g/mol. The molecular formula is C13H24F3N. The van der Waals surface area contributed by atoms with Gasteiger partial charge in [0.1, 0.15) is 0 Å². The first-order chi connectivity index (χ1) is 8.13. The van der Waals surface area contributed by atoms with Crippen molar-refractivity contribution < 1.29 is 13.2 Å². The Morgan fingerprint density at radius 3 is 2.06 bits per heavy atom. The lowest BCUT2D eigenvalue weighted by Crippen LogP contribution is -2.34. The molecule has 102 valence electrons. The molecule has 0 N–H and O–H groups in total. The van der Waals surface area contributed by atoms with E-state index in [2.05, 4.69) is 11.8 Å². The largest absolute Gasteiger partial charge is 0.303 e. The summed E-state index contributed by atoms with van der Waals surface area (Å²) in [6.07, 6.45) is 1.08. The second-order valence-corrected chi connectivity index (χ2v) is 4.11. The smallest absolute Gasteiger partial charge is 0.301 e. The molecule has 1 rings (SSSR count). The highest BCUT2D eigenvalue weighted by molar-refractivity contribution is 4.92. The van der Waals surface area contributed by atoms with Crippen LogP contribution in [0.2, 0.25) is 0 Å². The van der Waals surface area contributed by atoms with Gasteiger partial charge in [0.15, 0.2) is 5.83 Å². The number of piperidine rings is 1. The molecule has 0 aromatic heterocycles. The molecule has 0 aliphatic carbocycles. The van der Waals surface area contributed by atoms with Crippen LogP contribution in [-0.4, -0.2) is 24.5 Å². The molecule has 1 saturated heterocycles. The quantitative estimate of drug-likeness (QED) is 0.705. The maximum Gasteiger partial charge on any atom is 0.301 e. The Balaban J connectivity index is 0.00000121. The first-order valence-corrected chi connectivity index (χ1v) is 6.55. The first kappa shape index (κ1) is 16.5. The van der Waals surface area contributed by atoms with E-state index in [9.17, 15) is 13.2 Å². The summed E-state index contributed by atoms with van der Waals surface area (Å²) in [5.41, 5.74) is 0. The number of rotatable bonds is 4. The van der Waals surface area contributed by atoms with E-state index in [4.69, 9.17) is 0 Å². The van der Waals surface area contributed by atoms with Crippen molar-refractivity contribution in [3.8, 4) is 0 Å². The zero-order valence-electron chi connectivity index (χ0n) is 11.1. The Kier molecular flexibility index (Phi) is 9.23. The predicted octanol–water partition coefficient (Wildman–Crippen LogP) is 4.60. The van der Waals surface area contributed by atoms with Crippen LogP contribution in [-0.2, 0) is 0 Å². The molecule has 1 fully saturated rings. The Morgan fingerprint density at radius 2 is 1.65 bits per heavy atom. The van der Waals surface area contributed by atoms with Gasteiger partial charge in [-0.1, -0.05) is 27.2 Å². The minimum atomic E-state index is -2.17. The van der Waals surface area contributed by atoms with Gasteiger partial charge in [-0.2, -0.15) is 8.78 Å². The van der Waals surface area contributed by atoms with Crippen molar-refractivity contribution in [1.82, 2.24) is 4.90 Å². The molecule has 0 aromatic carbocycles. The standard InChI is InChI=1S/C11H18F3N.C2H6/c1-2-9-3-6-15(7-4-9)8-5-10(12)11(13)14;1-2/h9H,2-8H2,1H3;1-2H3. The maximum atomic E-state index is 12.5. The molecule has 17 heavy (non-hydrogen) atoms. The summed E-state index contributed by atoms with van der Waals surface area (Å²) < 4.78 is 36.1. The summed E-state index contributed by atoms with van der Waals surface area (Å²) >= 11 is 0. The Morgan fingerprint density at radius 1 is 1.12 bits per heavy atom. The van der Waals surface area contributed by atoms with E-state index in [1.807, 2.05) is 13.8 Å².